The number of benzene rings is 2. The highest BCUT2D eigenvalue weighted by Crippen LogP contribution is 2.05. The summed E-state index contributed by atoms with van der Waals surface area (Å²) in [5.74, 6) is -0.475. The lowest BCUT2D eigenvalue weighted by atomic mass is 10.0. The molecule has 3 rings (SSSR count). The van der Waals surface area contributed by atoms with Gasteiger partial charge < -0.3 is 21.3 Å². The van der Waals surface area contributed by atoms with Crippen LogP contribution in [-0.2, 0) is 22.4 Å². The molecule has 2 amide bonds. The molecule has 0 aromatic heterocycles. The highest BCUT2D eigenvalue weighted by Gasteiger charge is 2.19. The predicted octanol–water partition coefficient (Wildman–Crippen LogP) is 1.41. The predicted molar refractivity (Wildman–Crippen MR) is 119 cm³/mol. The van der Waals surface area contributed by atoms with Crippen LogP contribution in [0.4, 0.5) is 0 Å². The Morgan fingerprint density at radius 2 is 1.10 bits per heavy atom. The summed E-state index contributed by atoms with van der Waals surface area (Å²) >= 11 is 0. The average molecular weight is 409 g/mol. The van der Waals surface area contributed by atoms with E-state index in [4.69, 9.17) is 0 Å². The van der Waals surface area contributed by atoms with Gasteiger partial charge in [0, 0.05) is 25.2 Å². The fourth-order valence-corrected chi connectivity index (χ4v) is 3.74. The number of carbonyl (C=O) groups is 2. The van der Waals surface area contributed by atoms with Crippen LogP contribution in [0.5, 0.6) is 0 Å². The van der Waals surface area contributed by atoms with E-state index >= 15 is 0 Å². The number of carbonyl (C=O) groups excluding carboxylic acids is 2. The third kappa shape index (κ3) is 7.97. The summed E-state index contributed by atoms with van der Waals surface area (Å²) in [6, 6.07) is 20.1. The molecule has 6 heteroatoms. The Hall–Kier alpha value is -2.70. The molecular formula is C24H32N4O2. The molecule has 0 aliphatic carbocycles. The highest BCUT2D eigenvalue weighted by atomic mass is 16.2. The molecule has 2 aromatic carbocycles. The zero-order chi connectivity index (χ0) is 21.0. The van der Waals surface area contributed by atoms with Gasteiger partial charge in [-0.2, -0.15) is 0 Å². The summed E-state index contributed by atoms with van der Waals surface area (Å²) in [5.41, 5.74) is 2.33. The van der Waals surface area contributed by atoms with Crippen LogP contribution in [0.3, 0.4) is 0 Å². The topological polar surface area (TPSA) is 82.3 Å². The van der Waals surface area contributed by atoms with Gasteiger partial charge in [0.1, 0.15) is 6.42 Å². The van der Waals surface area contributed by atoms with Crippen molar-refractivity contribution in [2.24, 2.45) is 0 Å². The molecule has 1 fully saturated rings. The molecule has 2 aromatic rings. The van der Waals surface area contributed by atoms with Gasteiger partial charge in [0.15, 0.2) is 0 Å². The summed E-state index contributed by atoms with van der Waals surface area (Å²) in [6.45, 7) is 3.12. The molecule has 2 atom stereocenters. The third-order valence-corrected chi connectivity index (χ3v) is 5.19. The van der Waals surface area contributed by atoms with E-state index < -0.39 is 0 Å². The van der Waals surface area contributed by atoms with Crippen LogP contribution in [0.15, 0.2) is 60.7 Å². The Labute approximate surface area is 178 Å². The number of amides is 2. The van der Waals surface area contributed by atoms with Crippen molar-refractivity contribution in [2.45, 2.75) is 37.8 Å². The van der Waals surface area contributed by atoms with Crippen molar-refractivity contribution in [1.29, 1.82) is 0 Å². The lowest BCUT2D eigenvalue weighted by Crippen LogP contribution is -2.48. The minimum Gasteiger partial charge on any atom is -0.351 e. The Morgan fingerprint density at radius 1 is 0.667 bits per heavy atom. The molecule has 30 heavy (non-hydrogen) atoms. The van der Waals surface area contributed by atoms with Crippen LogP contribution >= 0.6 is 0 Å². The minimum atomic E-state index is -0.237. The second kappa shape index (κ2) is 12.1. The molecule has 0 saturated carbocycles. The summed E-state index contributed by atoms with van der Waals surface area (Å²) < 4.78 is 0. The summed E-state index contributed by atoms with van der Waals surface area (Å²) in [5, 5.41) is 12.9. The van der Waals surface area contributed by atoms with Gasteiger partial charge in [-0.15, -0.1) is 0 Å². The van der Waals surface area contributed by atoms with Crippen LogP contribution in [0.25, 0.3) is 0 Å². The molecular weight excluding hydrogens is 376 g/mol. The molecule has 1 aliphatic heterocycles. The van der Waals surface area contributed by atoms with Crippen molar-refractivity contribution in [3.8, 4) is 0 Å². The van der Waals surface area contributed by atoms with E-state index in [9.17, 15) is 9.59 Å². The van der Waals surface area contributed by atoms with Gasteiger partial charge in [0.05, 0.1) is 0 Å². The molecule has 0 spiro atoms. The van der Waals surface area contributed by atoms with E-state index in [1.807, 2.05) is 36.4 Å². The fraction of sp³-hybridized carbons (Fsp3) is 0.417. The van der Waals surface area contributed by atoms with Crippen molar-refractivity contribution < 1.29 is 9.59 Å². The Morgan fingerprint density at radius 3 is 1.53 bits per heavy atom. The summed E-state index contributed by atoms with van der Waals surface area (Å²) in [6.07, 6.45) is 2.29. The first-order valence-corrected chi connectivity index (χ1v) is 10.8. The monoisotopic (exact) mass is 408 g/mol. The molecule has 160 valence electrons. The molecule has 0 bridgehead atoms. The molecule has 0 radical (unpaired) electrons. The van der Waals surface area contributed by atoms with E-state index in [1.165, 1.54) is 11.1 Å². The van der Waals surface area contributed by atoms with Crippen LogP contribution in [0.2, 0.25) is 0 Å². The Bertz CT molecular complexity index is 717. The van der Waals surface area contributed by atoms with Gasteiger partial charge in [-0.1, -0.05) is 60.7 Å². The first-order valence-electron chi connectivity index (χ1n) is 10.8. The highest BCUT2D eigenvalue weighted by molar-refractivity contribution is 5.97. The molecule has 6 nitrogen and oxygen atoms in total. The van der Waals surface area contributed by atoms with E-state index in [2.05, 4.69) is 45.5 Å². The van der Waals surface area contributed by atoms with Gasteiger partial charge in [-0.3, -0.25) is 9.59 Å². The largest absolute Gasteiger partial charge is 0.351 e. The first-order chi connectivity index (χ1) is 14.7. The third-order valence-electron chi connectivity index (χ3n) is 5.19. The SMILES string of the molecule is O=C1CC(=O)N[C@@H](Cc2ccccc2)CNCCCNC[C@H](Cc2ccccc2)N1. The quantitative estimate of drug-likeness (QED) is 0.577. The standard InChI is InChI=1S/C24H32N4O2/c29-23-16-24(30)28-22(15-20-10-5-2-6-11-20)18-26-13-7-12-25-17-21(27-23)14-19-8-3-1-4-9-19/h1-6,8-11,21-22,25-26H,7,12-18H2,(H,27,29)(H,28,30)/t21-,22-/m0/s1. The zero-order valence-electron chi connectivity index (χ0n) is 17.4. The van der Waals surface area contributed by atoms with Gasteiger partial charge in [0.25, 0.3) is 0 Å². The second-order valence-corrected chi connectivity index (χ2v) is 7.85. The number of hydrogen-bond donors (Lipinski definition) is 4. The van der Waals surface area contributed by atoms with Gasteiger partial charge in [-0.25, -0.2) is 0 Å². The van der Waals surface area contributed by atoms with Crippen molar-refractivity contribution in [2.75, 3.05) is 26.2 Å². The molecule has 1 saturated heterocycles. The molecule has 0 unspecified atom stereocenters. The first kappa shape index (κ1) is 22.0. The Kier molecular flexibility index (Phi) is 8.87. The number of rotatable bonds is 4. The fourth-order valence-electron chi connectivity index (χ4n) is 3.74. The van der Waals surface area contributed by atoms with Crippen LogP contribution in [-0.4, -0.2) is 50.1 Å². The maximum Gasteiger partial charge on any atom is 0.229 e. The molecule has 4 N–H and O–H groups in total. The zero-order valence-corrected chi connectivity index (χ0v) is 17.4. The van der Waals surface area contributed by atoms with Crippen molar-refractivity contribution in [1.82, 2.24) is 21.3 Å². The van der Waals surface area contributed by atoms with Crippen LogP contribution in [0, 0.1) is 0 Å². The normalized spacial score (nSPS) is 21.9. The maximum absolute atomic E-state index is 12.5. The van der Waals surface area contributed by atoms with Crippen LogP contribution < -0.4 is 21.3 Å². The minimum absolute atomic E-state index is 0.0521. The average Bonchev–Trinajstić information content (AvgIpc) is 2.73. The second-order valence-electron chi connectivity index (χ2n) is 7.85. The number of nitrogens with one attached hydrogen (secondary N) is 4. The lowest BCUT2D eigenvalue weighted by Gasteiger charge is -2.23. The summed E-state index contributed by atoms with van der Waals surface area (Å²) in [7, 11) is 0. The lowest BCUT2D eigenvalue weighted by molar-refractivity contribution is -0.130. The molecule has 1 aliphatic rings. The smallest absolute Gasteiger partial charge is 0.229 e. The summed E-state index contributed by atoms with van der Waals surface area (Å²) in [4.78, 5) is 25.0. The Balaban J connectivity index is 1.61. The maximum atomic E-state index is 12.5. The van der Waals surface area contributed by atoms with Gasteiger partial charge >= 0.3 is 0 Å². The van der Waals surface area contributed by atoms with Crippen molar-refractivity contribution in [3.05, 3.63) is 71.8 Å². The van der Waals surface area contributed by atoms with E-state index in [0.29, 0.717) is 13.1 Å². The van der Waals surface area contributed by atoms with E-state index in [-0.39, 0.29) is 30.3 Å². The number of hydrogen-bond acceptors (Lipinski definition) is 4. The van der Waals surface area contributed by atoms with E-state index in [1.54, 1.807) is 0 Å². The molecule has 1 heterocycles. The van der Waals surface area contributed by atoms with Gasteiger partial charge in [-0.05, 0) is 43.5 Å². The van der Waals surface area contributed by atoms with Crippen LogP contribution in [0.1, 0.15) is 24.0 Å². The van der Waals surface area contributed by atoms with Crippen molar-refractivity contribution in [3.63, 3.8) is 0 Å². The van der Waals surface area contributed by atoms with E-state index in [0.717, 1.165) is 32.4 Å². The van der Waals surface area contributed by atoms with Gasteiger partial charge in [0.2, 0.25) is 11.8 Å². The van der Waals surface area contributed by atoms with Crippen molar-refractivity contribution >= 4 is 11.8 Å².